The number of amides is 1. The fourth-order valence-corrected chi connectivity index (χ4v) is 3.13. The maximum Gasteiger partial charge on any atom is 0.244 e. The Labute approximate surface area is 139 Å². The zero-order chi connectivity index (χ0) is 17.9. The summed E-state index contributed by atoms with van der Waals surface area (Å²) >= 11 is 0. The second-order valence-electron chi connectivity index (χ2n) is 7.19. The van der Waals surface area contributed by atoms with Crippen LogP contribution in [0.2, 0.25) is 0 Å². The largest absolute Gasteiger partial charge is 0.324 e. The highest BCUT2D eigenvalue weighted by atomic mass is 32.2. The summed E-state index contributed by atoms with van der Waals surface area (Å²) in [5.74, 6) is -0.329. The molecule has 1 aromatic carbocycles. The van der Waals surface area contributed by atoms with E-state index in [1.54, 1.807) is 52.0 Å². The molecule has 0 aliphatic heterocycles. The third-order valence-electron chi connectivity index (χ3n) is 3.76. The summed E-state index contributed by atoms with van der Waals surface area (Å²) in [4.78, 5) is 12.2. The Balaban J connectivity index is 2.92. The minimum atomic E-state index is -3.27. The van der Waals surface area contributed by atoms with E-state index in [9.17, 15) is 13.2 Å². The zero-order valence-corrected chi connectivity index (χ0v) is 15.5. The Bertz CT molecular complexity index is 659. The van der Waals surface area contributed by atoms with Gasteiger partial charge in [0.2, 0.25) is 5.91 Å². The van der Waals surface area contributed by atoms with Crippen molar-refractivity contribution in [3.63, 3.8) is 0 Å². The number of sulfone groups is 1. The lowest BCUT2D eigenvalue weighted by Crippen LogP contribution is -2.48. The number of benzene rings is 1. The fourth-order valence-electron chi connectivity index (χ4n) is 2.08. The quantitative estimate of drug-likeness (QED) is 0.833. The van der Waals surface area contributed by atoms with Crippen molar-refractivity contribution in [2.75, 3.05) is 5.32 Å². The minimum absolute atomic E-state index is 0.0605. The van der Waals surface area contributed by atoms with Crippen molar-refractivity contribution in [2.24, 2.45) is 5.73 Å². The first kappa shape index (κ1) is 19.6. The van der Waals surface area contributed by atoms with Crippen LogP contribution >= 0.6 is 0 Å². The van der Waals surface area contributed by atoms with Crippen LogP contribution in [0, 0.1) is 0 Å². The molecule has 6 heteroatoms. The van der Waals surface area contributed by atoms with Crippen LogP contribution in [0.4, 0.5) is 5.69 Å². The molecule has 1 unspecified atom stereocenters. The molecule has 0 saturated heterocycles. The molecule has 1 amide bonds. The highest BCUT2D eigenvalue weighted by Crippen LogP contribution is 2.22. The second-order valence-corrected chi connectivity index (χ2v) is 9.94. The number of hydrogen-bond donors (Lipinski definition) is 2. The summed E-state index contributed by atoms with van der Waals surface area (Å²) in [5.41, 5.74) is 6.27. The average molecular weight is 340 g/mol. The van der Waals surface area contributed by atoms with Crippen molar-refractivity contribution >= 4 is 21.4 Å². The Hall–Kier alpha value is -1.40. The van der Waals surface area contributed by atoms with E-state index in [1.165, 1.54) is 0 Å². The molecule has 1 rings (SSSR count). The fraction of sp³-hybridized carbons (Fsp3) is 0.588. The molecule has 1 aromatic rings. The summed E-state index contributed by atoms with van der Waals surface area (Å²) in [6.07, 6.45) is 1.39. The second kappa shape index (κ2) is 7.01. The first-order valence-electron chi connectivity index (χ1n) is 7.80. The number of nitrogens with two attached hydrogens (primary N) is 1. The van der Waals surface area contributed by atoms with Crippen LogP contribution in [0.1, 0.15) is 53.0 Å². The highest BCUT2D eigenvalue weighted by molar-refractivity contribution is 7.91. The molecule has 0 bridgehead atoms. The monoisotopic (exact) mass is 340 g/mol. The molecule has 1 atom stereocenters. The van der Waals surface area contributed by atoms with E-state index in [1.807, 2.05) is 6.92 Å². The molecule has 0 saturated carbocycles. The zero-order valence-electron chi connectivity index (χ0n) is 14.6. The van der Waals surface area contributed by atoms with Crippen LogP contribution in [0.5, 0.6) is 0 Å². The van der Waals surface area contributed by atoms with E-state index < -0.39 is 20.1 Å². The number of nitrogens with one attached hydrogen (secondary N) is 1. The maximum atomic E-state index is 12.3. The molecule has 3 N–H and O–H groups in total. The van der Waals surface area contributed by atoms with Crippen molar-refractivity contribution in [1.82, 2.24) is 0 Å². The first-order chi connectivity index (χ1) is 10.4. The number of anilines is 1. The lowest BCUT2D eigenvalue weighted by molar-refractivity contribution is -0.120. The molecule has 0 radical (unpaired) electrons. The van der Waals surface area contributed by atoms with Crippen LogP contribution in [-0.4, -0.2) is 24.6 Å². The normalized spacial score (nSPS) is 15.0. The van der Waals surface area contributed by atoms with Crippen LogP contribution in [0.3, 0.4) is 0 Å². The van der Waals surface area contributed by atoms with Gasteiger partial charge in [0.25, 0.3) is 0 Å². The van der Waals surface area contributed by atoms with Gasteiger partial charge in [-0.3, -0.25) is 4.79 Å². The number of rotatable bonds is 6. The van der Waals surface area contributed by atoms with Crippen molar-refractivity contribution in [3.05, 3.63) is 29.8 Å². The van der Waals surface area contributed by atoms with E-state index in [4.69, 9.17) is 5.73 Å². The number of carbonyl (C=O) groups is 1. The van der Waals surface area contributed by atoms with E-state index >= 15 is 0 Å². The van der Waals surface area contributed by atoms with Gasteiger partial charge in [0.05, 0.1) is 16.0 Å². The van der Waals surface area contributed by atoms with E-state index in [-0.39, 0.29) is 11.7 Å². The molecule has 0 aliphatic rings. The lowest BCUT2D eigenvalue weighted by Gasteiger charge is -2.23. The molecule has 0 aliphatic carbocycles. The van der Waals surface area contributed by atoms with E-state index in [0.29, 0.717) is 17.7 Å². The van der Waals surface area contributed by atoms with E-state index in [2.05, 4.69) is 5.32 Å². The maximum absolute atomic E-state index is 12.3. The Morgan fingerprint density at radius 1 is 1.22 bits per heavy atom. The summed E-state index contributed by atoms with van der Waals surface area (Å²) < 4.78 is 23.8. The molecular weight excluding hydrogens is 312 g/mol. The third kappa shape index (κ3) is 5.32. The number of hydrogen-bond acceptors (Lipinski definition) is 4. The standard InChI is InChI=1S/C17H28N2O3S/c1-6-10-17(5,18)15(20)19-14-9-7-8-13(11-14)12-23(21,22)16(2,3)4/h7-9,11H,6,10,12,18H2,1-5H3,(H,19,20). The Morgan fingerprint density at radius 2 is 1.83 bits per heavy atom. The Morgan fingerprint density at radius 3 is 2.35 bits per heavy atom. The summed E-state index contributed by atoms with van der Waals surface area (Å²) in [5, 5.41) is 2.77. The summed E-state index contributed by atoms with van der Waals surface area (Å²) in [6, 6.07) is 6.89. The summed E-state index contributed by atoms with van der Waals surface area (Å²) in [7, 11) is -3.27. The first-order valence-corrected chi connectivity index (χ1v) is 9.46. The summed E-state index contributed by atoms with van der Waals surface area (Å²) in [6.45, 7) is 8.70. The van der Waals surface area contributed by atoms with Gasteiger partial charge in [0.1, 0.15) is 0 Å². The minimum Gasteiger partial charge on any atom is -0.324 e. The Kier molecular flexibility index (Phi) is 5.99. The van der Waals surface area contributed by atoms with E-state index in [0.717, 1.165) is 6.42 Å². The molecule has 5 nitrogen and oxygen atoms in total. The van der Waals surface area contributed by atoms with Crippen molar-refractivity contribution < 1.29 is 13.2 Å². The third-order valence-corrected chi connectivity index (χ3v) is 6.34. The molecule has 130 valence electrons. The van der Waals surface area contributed by atoms with Gasteiger partial charge in [-0.05, 0) is 51.8 Å². The smallest absolute Gasteiger partial charge is 0.244 e. The van der Waals surface area contributed by atoms with Crippen LogP contribution in [0.25, 0.3) is 0 Å². The van der Waals surface area contributed by atoms with Gasteiger partial charge < -0.3 is 11.1 Å². The van der Waals surface area contributed by atoms with Crippen molar-refractivity contribution in [3.8, 4) is 0 Å². The molecule has 0 spiro atoms. The van der Waals surface area contributed by atoms with Crippen LogP contribution in [0.15, 0.2) is 24.3 Å². The van der Waals surface area contributed by atoms with Crippen LogP contribution in [-0.2, 0) is 20.4 Å². The molecular formula is C17H28N2O3S. The van der Waals surface area contributed by atoms with Crippen molar-refractivity contribution in [2.45, 2.75) is 63.5 Å². The van der Waals surface area contributed by atoms with Gasteiger partial charge in [0.15, 0.2) is 9.84 Å². The average Bonchev–Trinajstić information content (AvgIpc) is 2.37. The predicted molar refractivity (Wildman–Crippen MR) is 94.9 cm³/mol. The molecule has 23 heavy (non-hydrogen) atoms. The molecule has 0 aromatic heterocycles. The van der Waals surface area contributed by atoms with Crippen LogP contribution < -0.4 is 11.1 Å². The van der Waals surface area contributed by atoms with Gasteiger partial charge in [-0.1, -0.05) is 25.5 Å². The van der Waals surface area contributed by atoms with Gasteiger partial charge in [-0.25, -0.2) is 8.42 Å². The lowest BCUT2D eigenvalue weighted by atomic mass is 9.96. The highest BCUT2D eigenvalue weighted by Gasteiger charge is 2.29. The van der Waals surface area contributed by atoms with Gasteiger partial charge >= 0.3 is 0 Å². The predicted octanol–water partition coefficient (Wildman–Crippen LogP) is 2.86. The number of carbonyl (C=O) groups excluding carboxylic acids is 1. The topological polar surface area (TPSA) is 89.3 Å². The van der Waals surface area contributed by atoms with Gasteiger partial charge in [0, 0.05) is 5.69 Å². The van der Waals surface area contributed by atoms with Gasteiger partial charge in [-0.15, -0.1) is 0 Å². The molecule has 0 fully saturated rings. The molecule has 0 heterocycles. The SMILES string of the molecule is CCCC(C)(N)C(=O)Nc1cccc(CS(=O)(=O)C(C)(C)C)c1. The van der Waals surface area contributed by atoms with Gasteiger partial charge in [-0.2, -0.15) is 0 Å². The van der Waals surface area contributed by atoms with Crippen molar-refractivity contribution in [1.29, 1.82) is 0 Å².